The van der Waals surface area contributed by atoms with Gasteiger partial charge in [-0.25, -0.2) is 0 Å². The molecule has 3 saturated heterocycles. The smallest absolute Gasteiger partial charge is 0.455 e. The predicted octanol–water partition coefficient (Wildman–Crippen LogP) is 6.12. The van der Waals surface area contributed by atoms with Gasteiger partial charge in [0.2, 0.25) is 11.8 Å². The van der Waals surface area contributed by atoms with Crippen molar-refractivity contribution in [3.63, 3.8) is 0 Å². The predicted molar refractivity (Wildman–Crippen MR) is 189 cm³/mol. The van der Waals surface area contributed by atoms with Crippen molar-refractivity contribution in [2.75, 3.05) is 19.7 Å². The number of piperidine rings is 1. The van der Waals surface area contributed by atoms with E-state index in [1.54, 1.807) is 17.0 Å². The Morgan fingerprint density at radius 3 is 2.35 bits per heavy atom. The van der Waals surface area contributed by atoms with Crippen LogP contribution >= 0.6 is 0 Å². The molecule has 2 amide bonds. The summed E-state index contributed by atoms with van der Waals surface area (Å²) in [6, 6.07) is 27.0. The third kappa shape index (κ3) is 7.39. The topological polar surface area (TPSA) is 99.5 Å². The molecule has 254 valence electrons. The van der Waals surface area contributed by atoms with E-state index in [0.717, 1.165) is 66.9 Å². The molecule has 7 rings (SSSR count). The summed E-state index contributed by atoms with van der Waals surface area (Å²) in [5, 5.41) is 20.7. The molecule has 0 unspecified atom stereocenters. The number of carbonyl (C=O) groups is 2. The van der Waals surface area contributed by atoms with Crippen LogP contribution < -0.4 is 4.74 Å². The van der Waals surface area contributed by atoms with Crippen LogP contribution in [0.5, 0.6) is 11.5 Å². The number of phenolic OH excluding ortho intramolecular Hbond substituents is 1. The highest BCUT2D eigenvalue weighted by molar-refractivity contribution is 6.43. The number of hydrogen-bond acceptors (Lipinski definition) is 7. The van der Waals surface area contributed by atoms with Gasteiger partial charge in [-0.15, -0.1) is 0 Å². The van der Waals surface area contributed by atoms with Gasteiger partial charge >= 0.3 is 7.12 Å². The summed E-state index contributed by atoms with van der Waals surface area (Å²) in [6.07, 6.45) is 5.30. The fourth-order valence-corrected chi connectivity index (χ4v) is 8.43. The molecule has 3 aromatic carbocycles. The number of ether oxygens (including phenoxy) is 1. The third-order valence-electron chi connectivity index (χ3n) is 10.8. The quantitative estimate of drug-likeness (QED) is 0.154. The molecule has 1 aliphatic carbocycles. The van der Waals surface area contributed by atoms with Gasteiger partial charge in [0.1, 0.15) is 18.1 Å². The first-order valence-corrected chi connectivity index (χ1v) is 17.7. The van der Waals surface area contributed by atoms with Crippen molar-refractivity contribution in [1.82, 2.24) is 9.80 Å². The standard InChI is InChI=1S/C40H45BN2O6/c1-27(22-28-13-15-32(44)16-14-28)12-17-36-37-30(26-48-33-10-6-3-7-11-33)23-34-38(35(37)24-41(47)49-36)40(46)43(39(34)45)31-18-20-42(21-19-31)25-29-8-4-2-5-9-29/h2-11,13-16,22,31,34-36,38,44,47H,12,17-21,23-26H2,1H3/b27-22+/t34-,35+,36-,38-/m1/s1. The maximum Gasteiger partial charge on any atom is 0.455 e. The van der Waals surface area contributed by atoms with Crippen molar-refractivity contribution in [1.29, 1.82) is 0 Å². The van der Waals surface area contributed by atoms with Crippen LogP contribution in [0, 0.1) is 17.8 Å². The Labute approximate surface area is 289 Å². The molecule has 3 aliphatic heterocycles. The molecule has 2 N–H and O–H groups in total. The van der Waals surface area contributed by atoms with E-state index in [4.69, 9.17) is 9.39 Å². The molecule has 4 aliphatic rings. The summed E-state index contributed by atoms with van der Waals surface area (Å²) in [4.78, 5) is 32.6. The number of likely N-dealkylation sites (tertiary alicyclic amines) is 2. The van der Waals surface area contributed by atoms with Gasteiger partial charge in [0.05, 0.1) is 17.9 Å². The minimum absolute atomic E-state index is 0.0713. The number of para-hydroxylation sites is 1. The lowest BCUT2D eigenvalue weighted by atomic mass is 9.58. The van der Waals surface area contributed by atoms with E-state index in [-0.39, 0.29) is 35.8 Å². The van der Waals surface area contributed by atoms with Gasteiger partial charge in [0.25, 0.3) is 0 Å². The molecule has 0 bridgehead atoms. The molecular weight excluding hydrogens is 615 g/mol. The Bertz CT molecular complexity index is 1690. The Hall–Kier alpha value is -4.18. The van der Waals surface area contributed by atoms with Crippen molar-refractivity contribution in [2.24, 2.45) is 17.8 Å². The minimum Gasteiger partial charge on any atom is -0.508 e. The molecule has 0 radical (unpaired) electrons. The first-order chi connectivity index (χ1) is 23.8. The lowest BCUT2D eigenvalue weighted by Crippen LogP contribution is -2.48. The number of imide groups is 1. The van der Waals surface area contributed by atoms with E-state index in [1.807, 2.05) is 48.5 Å². The van der Waals surface area contributed by atoms with E-state index in [1.165, 1.54) is 5.56 Å². The molecule has 3 heterocycles. The van der Waals surface area contributed by atoms with Crippen molar-refractivity contribution in [3.05, 3.63) is 113 Å². The Balaban J connectivity index is 1.11. The Morgan fingerprint density at radius 2 is 1.63 bits per heavy atom. The number of carbonyl (C=O) groups excluding carboxylic acids is 2. The number of allylic oxidation sites excluding steroid dienone is 1. The minimum atomic E-state index is -1.02. The van der Waals surface area contributed by atoms with E-state index >= 15 is 0 Å². The molecule has 0 aromatic heterocycles. The zero-order valence-corrected chi connectivity index (χ0v) is 28.1. The molecule has 49 heavy (non-hydrogen) atoms. The van der Waals surface area contributed by atoms with Crippen LogP contribution in [-0.2, 0) is 20.8 Å². The van der Waals surface area contributed by atoms with E-state index in [9.17, 15) is 19.7 Å². The molecular formula is C40H45BN2O6. The molecule has 0 saturated carbocycles. The van der Waals surface area contributed by atoms with E-state index < -0.39 is 25.1 Å². The van der Waals surface area contributed by atoms with Gasteiger partial charge in [-0.05, 0) is 97.8 Å². The first kappa shape index (κ1) is 33.3. The zero-order valence-electron chi connectivity index (χ0n) is 28.1. The average molecular weight is 661 g/mol. The number of phenols is 1. The molecule has 8 nitrogen and oxygen atoms in total. The lowest BCUT2D eigenvalue weighted by Gasteiger charge is -2.43. The summed E-state index contributed by atoms with van der Waals surface area (Å²) in [7, 11) is -1.02. The zero-order chi connectivity index (χ0) is 33.9. The number of amides is 2. The number of fused-ring (bicyclic) bond motifs is 3. The van der Waals surface area contributed by atoms with Gasteiger partial charge in [-0.3, -0.25) is 19.4 Å². The Kier molecular flexibility index (Phi) is 10.0. The lowest BCUT2D eigenvalue weighted by molar-refractivity contribution is -0.144. The van der Waals surface area contributed by atoms with Crippen molar-refractivity contribution in [3.8, 4) is 11.5 Å². The van der Waals surface area contributed by atoms with E-state index in [0.29, 0.717) is 19.4 Å². The van der Waals surface area contributed by atoms with Crippen molar-refractivity contribution >= 4 is 25.0 Å². The van der Waals surface area contributed by atoms with Crippen molar-refractivity contribution in [2.45, 2.75) is 64.0 Å². The van der Waals surface area contributed by atoms with Crippen LogP contribution in [0.3, 0.4) is 0 Å². The number of rotatable bonds is 10. The summed E-state index contributed by atoms with van der Waals surface area (Å²) >= 11 is 0. The van der Waals surface area contributed by atoms with Crippen LogP contribution in [0.4, 0.5) is 0 Å². The molecule has 3 fully saturated rings. The normalized spacial score (nSPS) is 25.1. The molecule has 3 aromatic rings. The van der Waals surface area contributed by atoms with E-state index in [2.05, 4.69) is 42.2 Å². The van der Waals surface area contributed by atoms with Gasteiger partial charge < -0.3 is 19.5 Å². The Morgan fingerprint density at radius 1 is 0.939 bits per heavy atom. The summed E-state index contributed by atoms with van der Waals surface area (Å²) in [6.45, 7) is 4.90. The summed E-state index contributed by atoms with van der Waals surface area (Å²) in [5.74, 6) is -0.433. The second-order valence-electron chi connectivity index (χ2n) is 14.1. The summed E-state index contributed by atoms with van der Waals surface area (Å²) in [5.41, 5.74) is 5.44. The monoisotopic (exact) mass is 660 g/mol. The fraction of sp³-hybridized carbons (Fsp3) is 0.400. The molecule has 0 spiro atoms. The molecule has 9 heteroatoms. The highest BCUT2D eigenvalue weighted by Gasteiger charge is 2.58. The maximum atomic E-state index is 14.4. The number of nitrogens with zero attached hydrogens (tertiary/aromatic N) is 2. The van der Waals surface area contributed by atoms with Crippen LogP contribution in [0.15, 0.2) is 102 Å². The van der Waals surface area contributed by atoms with Crippen LogP contribution in [0.1, 0.15) is 50.2 Å². The third-order valence-corrected chi connectivity index (χ3v) is 10.8. The van der Waals surface area contributed by atoms with Gasteiger partial charge in [-0.1, -0.05) is 72.3 Å². The van der Waals surface area contributed by atoms with Gasteiger partial charge in [0.15, 0.2) is 0 Å². The number of aromatic hydroxyl groups is 1. The highest BCUT2D eigenvalue weighted by atomic mass is 16.5. The highest BCUT2D eigenvalue weighted by Crippen LogP contribution is 2.51. The average Bonchev–Trinajstić information content (AvgIpc) is 3.37. The fourth-order valence-electron chi connectivity index (χ4n) is 8.43. The van der Waals surface area contributed by atoms with Gasteiger partial charge in [0, 0.05) is 25.7 Å². The largest absolute Gasteiger partial charge is 0.508 e. The number of benzene rings is 3. The summed E-state index contributed by atoms with van der Waals surface area (Å²) < 4.78 is 12.5. The maximum absolute atomic E-state index is 14.4. The SMILES string of the molecule is C/C(=C\c1ccc(O)cc1)CC[C@H]1OB(O)C[C@H]2C1=C(COc1ccccc1)C[C@H]1C(=O)N(C3CCN(Cc4ccccc4)CC3)C(=O)[C@H]12. The number of hydrogen-bond donors (Lipinski definition) is 2. The van der Waals surface area contributed by atoms with Crippen LogP contribution in [0.25, 0.3) is 6.08 Å². The second-order valence-corrected chi connectivity index (χ2v) is 14.1. The molecule has 4 atom stereocenters. The van der Waals surface area contributed by atoms with Crippen LogP contribution in [0.2, 0.25) is 6.32 Å². The first-order valence-electron chi connectivity index (χ1n) is 17.7. The second kappa shape index (κ2) is 14.7. The van der Waals surface area contributed by atoms with Crippen molar-refractivity contribution < 1.29 is 29.1 Å². The van der Waals surface area contributed by atoms with Gasteiger partial charge in [-0.2, -0.15) is 0 Å². The van der Waals surface area contributed by atoms with Crippen LogP contribution in [-0.4, -0.2) is 70.7 Å².